The van der Waals surface area contributed by atoms with Gasteiger partial charge in [-0.1, -0.05) is 48.7 Å². The van der Waals surface area contributed by atoms with E-state index >= 15 is 0 Å². The van der Waals surface area contributed by atoms with E-state index in [2.05, 4.69) is 5.32 Å². The monoisotopic (exact) mass is 609 g/mol. The van der Waals surface area contributed by atoms with Gasteiger partial charge in [0.15, 0.2) is 0 Å². The normalized spacial score (nSPS) is 12.6. The van der Waals surface area contributed by atoms with Crippen molar-refractivity contribution in [2.75, 3.05) is 23.7 Å². The first kappa shape index (κ1) is 32.7. The van der Waals surface area contributed by atoms with Crippen LogP contribution in [0.15, 0.2) is 42.5 Å². The summed E-state index contributed by atoms with van der Waals surface area (Å²) in [5.74, 6) is -0.782. The van der Waals surface area contributed by atoms with Crippen molar-refractivity contribution in [3.63, 3.8) is 0 Å². The van der Waals surface area contributed by atoms with Gasteiger partial charge in [-0.3, -0.25) is 13.9 Å². The SMILES string of the molecule is CCCCNC(=O)[C@H](C)N(Cc1ccc(Cl)c(Cl)c1)C(=O)CCCN(c1cccc(C(F)(F)F)c1)S(C)(=O)=O. The Kier molecular flexibility index (Phi) is 11.9. The van der Waals surface area contributed by atoms with Crippen LogP contribution in [0, 0.1) is 0 Å². The van der Waals surface area contributed by atoms with Crippen molar-refractivity contribution in [1.29, 1.82) is 0 Å². The van der Waals surface area contributed by atoms with Gasteiger partial charge in [0.25, 0.3) is 0 Å². The maximum absolute atomic E-state index is 13.3. The molecule has 0 aromatic heterocycles. The van der Waals surface area contributed by atoms with E-state index in [4.69, 9.17) is 23.2 Å². The highest BCUT2D eigenvalue weighted by atomic mass is 35.5. The molecule has 7 nitrogen and oxygen atoms in total. The minimum absolute atomic E-state index is 0.00416. The predicted octanol–water partition coefficient (Wildman–Crippen LogP) is 5.89. The maximum atomic E-state index is 13.3. The topological polar surface area (TPSA) is 86.8 Å². The summed E-state index contributed by atoms with van der Waals surface area (Å²) in [7, 11) is -3.95. The summed E-state index contributed by atoms with van der Waals surface area (Å²) in [5.41, 5.74) is -0.510. The molecule has 0 heterocycles. The molecular formula is C26H32Cl2F3N3O4S. The van der Waals surface area contributed by atoms with E-state index in [1.54, 1.807) is 25.1 Å². The number of hydrogen-bond donors (Lipinski definition) is 1. The van der Waals surface area contributed by atoms with Crippen molar-refractivity contribution in [2.24, 2.45) is 0 Å². The summed E-state index contributed by atoms with van der Waals surface area (Å²) in [5, 5.41) is 3.41. The molecular weight excluding hydrogens is 578 g/mol. The third-order valence-corrected chi connectivity index (χ3v) is 7.88. The molecule has 2 aromatic rings. The van der Waals surface area contributed by atoms with Crippen LogP contribution in [0.4, 0.5) is 18.9 Å². The molecule has 2 aromatic carbocycles. The molecule has 1 atom stereocenters. The molecule has 0 unspecified atom stereocenters. The number of nitrogens with one attached hydrogen (secondary N) is 1. The van der Waals surface area contributed by atoms with Gasteiger partial charge in [-0.2, -0.15) is 13.2 Å². The summed E-state index contributed by atoms with van der Waals surface area (Å²) < 4.78 is 65.1. The average Bonchev–Trinajstić information content (AvgIpc) is 2.85. The van der Waals surface area contributed by atoms with Crippen LogP contribution >= 0.6 is 23.2 Å². The van der Waals surface area contributed by atoms with Gasteiger partial charge in [-0.25, -0.2) is 8.42 Å². The van der Waals surface area contributed by atoms with Crippen LogP contribution in [-0.2, 0) is 32.3 Å². The lowest BCUT2D eigenvalue weighted by molar-refractivity contribution is -0.140. The van der Waals surface area contributed by atoms with Crippen molar-refractivity contribution >= 4 is 50.7 Å². The first-order valence-corrected chi connectivity index (χ1v) is 14.9. The lowest BCUT2D eigenvalue weighted by Crippen LogP contribution is -2.48. The first-order valence-electron chi connectivity index (χ1n) is 12.3. The Morgan fingerprint density at radius 2 is 1.74 bits per heavy atom. The van der Waals surface area contributed by atoms with E-state index in [1.165, 1.54) is 11.0 Å². The van der Waals surface area contributed by atoms with E-state index in [1.807, 2.05) is 6.92 Å². The van der Waals surface area contributed by atoms with Crippen molar-refractivity contribution in [3.05, 3.63) is 63.6 Å². The molecule has 0 saturated carbocycles. The van der Waals surface area contributed by atoms with Gasteiger partial charge >= 0.3 is 6.18 Å². The van der Waals surface area contributed by atoms with Gasteiger partial charge in [0.2, 0.25) is 21.8 Å². The molecule has 0 aliphatic rings. The standard InChI is InChI=1S/C26H32Cl2F3N3O4S/c1-4-5-13-32-25(36)18(2)33(17-19-11-12-22(27)23(28)15-19)24(35)10-7-14-34(39(3,37)38)21-9-6-8-20(16-21)26(29,30)31/h6,8-9,11-12,15-16,18H,4-5,7,10,13-14,17H2,1-3H3,(H,32,36)/t18-/m0/s1. The van der Waals surface area contributed by atoms with Crippen LogP contribution in [0.5, 0.6) is 0 Å². The largest absolute Gasteiger partial charge is 0.416 e. The molecule has 13 heteroatoms. The zero-order chi connectivity index (χ0) is 29.4. The summed E-state index contributed by atoms with van der Waals surface area (Å²) in [4.78, 5) is 27.4. The molecule has 216 valence electrons. The number of carbonyl (C=O) groups is 2. The number of amides is 2. The molecule has 0 aliphatic heterocycles. The first-order chi connectivity index (χ1) is 18.1. The molecule has 0 aliphatic carbocycles. The second-order valence-corrected chi connectivity index (χ2v) is 11.8. The highest BCUT2D eigenvalue weighted by Gasteiger charge is 2.32. The Morgan fingerprint density at radius 1 is 1.05 bits per heavy atom. The van der Waals surface area contributed by atoms with Gasteiger partial charge in [-0.15, -0.1) is 0 Å². The van der Waals surface area contributed by atoms with Crippen molar-refractivity contribution < 1.29 is 31.2 Å². The Hall–Kier alpha value is -2.50. The number of sulfonamides is 1. The summed E-state index contributed by atoms with van der Waals surface area (Å²) in [6.45, 7) is 3.83. The fourth-order valence-electron chi connectivity index (χ4n) is 3.79. The number of halogens is 5. The van der Waals surface area contributed by atoms with Crippen LogP contribution < -0.4 is 9.62 Å². The fourth-order valence-corrected chi connectivity index (χ4v) is 5.07. The number of carbonyl (C=O) groups excluding carboxylic acids is 2. The second-order valence-electron chi connectivity index (χ2n) is 9.08. The number of hydrogen-bond acceptors (Lipinski definition) is 4. The quantitative estimate of drug-likeness (QED) is 0.287. The summed E-state index contributed by atoms with van der Waals surface area (Å²) in [6, 6.07) is 7.98. The van der Waals surface area contributed by atoms with E-state index in [0.29, 0.717) is 17.1 Å². The Morgan fingerprint density at radius 3 is 2.33 bits per heavy atom. The Labute approximate surface area is 237 Å². The summed E-state index contributed by atoms with van der Waals surface area (Å²) >= 11 is 12.1. The number of alkyl halides is 3. The molecule has 0 spiro atoms. The molecule has 0 bridgehead atoms. The number of benzene rings is 2. The lowest BCUT2D eigenvalue weighted by atomic mass is 10.1. The Bertz CT molecular complexity index is 1260. The van der Waals surface area contributed by atoms with Crippen LogP contribution in [0.1, 0.15) is 50.7 Å². The van der Waals surface area contributed by atoms with Crippen molar-refractivity contribution in [1.82, 2.24) is 10.2 Å². The smallest absolute Gasteiger partial charge is 0.354 e. The number of rotatable bonds is 13. The molecule has 0 radical (unpaired) electrons. The van der Waals surface area contributed by atoms with Crippen LogP contribution in [0.25, 0.3) is 0 Å². The minimum Gasteiger partial charge on any atom is -0.354 e. The molecule has 0 saturated heterocycles. The Balaban J connectivity index is 2.22. The second kappa shape index (κ2) is 14.2. The number of anilines is 1. The number of nitrogens with zero attached hydrogens (tertiary/aromatic N) is 2. The molecule has 39 heavy (non-hydrogen) atoms. The maximum Gasteiger partial charge on any atom is 0.416 e. The average molecular weight is 611 g/mol. The van der Waals surface area contributed by atoms with E-state index in [-0.39, 0.29) is 42.5 Å². The molecule has 2 rings (SSSR count). The van der Waals surface area contributed by atoms with Crippen molar-refractivity contribution in [3.8, 4) is 0 Å². The third-order valence-electron chi connectivity index (χ3n) is 5.95. The van der Waals surface area contributed by atoms with E-state index in [0.717, 1.165) is 41.6 Å². The van der Waals surface area contributed by atoms with Crippen LogP contribution in [0.2, 0.25) is 10.0 Å². The van der Waals surface area contributed by atoms with E-state index in [9.17, 15) is 31.2 Å². The highest BCUT2D eigenvalue weighted by Crippen LogP contribution is 2.32. The minimum atomic E-state index is -4.64. The van der Waals surface area contributed by atoms with Crippen molar-refractivity contribution in [2.45, 2.75) is 58.3 Å². The van der Waals surface area contributed by atoms with Gasteiger partial charge in [0, 0.05) is 26.1 Å². The lowest BCUT2D eigenvalue weighted by Gasteiger charge is -2.29. The van der Waals surface area contributed by atoms with Gasteiger partial charge in [-0.05, 0) is 55.7 Å². The zero-order valence-corrected chi connectivity index (χ0v) is 24.2. The predicted molar refractivity (Wildman–Crippen MR) is 147 cm³/mol. The fraction of sp³-hybridized carbons (Fsp3) is 0.462. The summed E-state index contributed by atoms with van der Waals surface area (Å²) in [6.07, 6.45) is -2.26. The number of unbranched alkanes of at least 4 members (excludes halogenated alkanes) is 1. The van der Waals surface area contributed by atoms with Gasteiger partial charge < -0.3 is 10.2 Å². The molecule has 0 fully saturated rings. The zero-order valence-electron chi connectivity index (χ0n) is 21.9. The third kappa shape index (κ3) is 9.88. The molecule has 2 amide bonds. The highest BCUT2D eigenvalue weighted by molar-refractivity contribution is 7.92. The van der Waals surface area contributed by atoms with Crippen LogP contribution in [-0.4, -0.2) is 50.5 Å². The van der Waals surface area contributed by atoms with E-state index < -0.39 is 33.7 Å². The van der Waals surface area contributed by atoms with Crippen LogP contribution in [0.3, 0.4) is 0 Å². The van der Waals surface area contributed by atoms with Gasteiger partial charge in [0.05, 0.1) is 27.6 Å². The molecule has 1 N–H and O–H groups in total. The van der Waals surface area contributed by atoms with Gasteiger partial charge in [0.1, 0.15) is 6.04 Å².